The summed E-state index contributed by atoms with van der Waals surface area (Å²) in [5.41, 5.74) is 1.75. The van der Waals surface area contributed by atoms with Crippen molar-refractivity contribution in [1.82, 2.24) is 29.9 Å². The summed E-state index contributed by atoms with van der Waals surface area (Å²) in [6.07, 6.45) is 4.91. The summed E-state index contributed by atoms with van der Waals surface area (Å²) >= 11 is 1.13. The average molecular weight is 342 g/mol. The zero-order chi connectivity index (χ0) is 16.8. The first-order valence-corrected chi connectivity index (χ1v) is 8.56. The minimum absolute atomic E-state index is 0.158. The quantitative estimate of drug-likeness (QED) is 0.712. The van der Waals surface area contributed by atoms with Crippen molar-refractivity contribution < 1.29 is 4.79 Å². The Morgan fingerprint density at radius 1 is 1.25 bits per heavy atom. The van der Waals surface area contributed by atoms with E-state index in [9.17, 15) is 4.79 Å². The minimum atomic E-state index is -0.234. The van der Waals surface area contributed by atoms with E-state index in [4.69, 9.17) is 0 Å². The van der Waals surface area contributed by atoms with Gasteiger partial charge in [0.05, 0.1) is 30.7 Å². The van der Waals surface area contributed by atoms with E-state index in [1.54, 1.807) is 17.2 Å². The molecule has 0 spiro atoms. The van der Waals surface area contributed by atoms with Gasteiger partial charge in [0.25, 0.3) is 5.91 Å². The van der Waals surface area contributed by atoms with Crippen LogP contribution < -0.4 is 5.32 Å². The number of aryl methyl sites for hydroxylation is 1. The first-order valence-electron chi connectivity index (χ1n) is 7.79. The zero-order valence-corrected chi connectivity index (χ0v) is 14.1. The molecule has 0 aliphatic heterocycles. The highest BCUT2D eigenvalue weighted by Gasteiger charge is 2.21. The van der Waals surface area contributed by atoms with Crippen molar-refractivity contribution in [2.45, 2.75) is 32.4 Å². The Hall–Kier alpha value is -2.61. The number of hydrogen-bond donors (Lipinski definition) is 1. The lowest BCUT2D eigenvalue weighted by molar-refractivity contribution is 0.0933. The molecule has 0 aliphatic carbocycles. The van der Waals surface area contributed by atoms with Gasteiger partial charge in [-0.05, 0) is 23.5 Å². The summed E-state index contributed by atoms with van der Waals surface area (Å²) in [6.45, 7) is 2.51. The molecule has 0 saturated heterocycles. The number of nitrogens with one attached hydrogen (secondary N) is 1. The molecule has 1 atom stereocenters. The van der Waals surface area contributed by atoms with Crippen LogP contribution in [-0.2, 0) is 13.0 Å². The zero-order valence-electron chi connectivity index (χ0n) is 13.3. The molecule has 3 rings (SSSR count). The van der Waals surface area contributed by atoms with Crippen LogP contribution in [0.15, 0.2) is 42.7 Å². The molecule has 0 fully saturated rings. The molecule has 1 aromatic carbocycles. The third-order valence-corrected chi connectivity index (χ3v) is 4.34. The van der Waals surface area contributed by atoms with Gasteiger partial charge in [0, 0.05) is 0 Å². The lowest BCUT2D eigenvalue weighted by Crippen LogP contribution is -2.32. The lowest BCUT2D eigenvalue weighted by atomic mass is 10.1. The fourth-order valence-corrected chi connectivity index (χ4v) is 3.04. The van der Waals surface area contributed by atoms with E-state index >= 15 is 0 Å². The normalized spacial score (nSPS) is 12.0. The van der Waals surface area contributed by atoms with Crippen molar-refractivity contribution in [3.05, 3.63) is 58.9 Å². The fourth-order valence-electron chi connectivity index (χ4n) is 2.43. The predicted octanol–water partition coefficient (Wildman–Crippen LogP) is 2.25. The highest BCUT2D eigenvalue weighted by Crippen LogP contribution is 2.18. The van der Waals surface area contributed by atoms with E-state index in [0.717, 1.165) is 35.6 Å². The molecule has 2 heterocycles. The summed E-state index contributed by atoms with van der Waals surface area (Å²) in [5.74, 6) is -0.158. The minimum Gasteiger partial charge on any atom is -0.342 e. The monoisotopic (exact) mass is 342 g/mol. The second kappa shape index (κ2) is 7.78. The molecule has 24 heavy (non-hydrogen) atoms. The molecule has 8 heteroatoms. The van der Waals surface area contributed by atoms with Crippen LogP contribution in [0.3, 0.4) is 0 Å². The number of carbonyl (C=O) groups is 1. The molecule has 0 saturated carbocycles. The Morgan fingerprint density at radius 3 is 2.71 bits per heavy atom. The van der Waals surface area contributed by atoms with Crippen molar-refractivity contribution in [2.75, 3.05) is 0 Å². The van der Waals surface area contributed by atoms with E-state index in [2.05, 4.69) is 32.0 Å². The molecule has 7 nitrogen and oxygen atoms in total. The number of nitrogens with zero attached hydrogens (tertiary/aromatic N) is 5. The van der Waals surface area contributed by atoms with Gasteiger partial charge in [-0.2, -0.15) is 15.0 Å². The van der Waals surface area contributed by atoms with Crippen molar-refractivity contribution in [3.63, 3.8) is 0 Å². The smallest absolute Gasteiger partial charge is 0.265 e. The second-order valence-electron chi connectivity index (χ2n) is 5.32. The Kier molecular flexibility index (Phi) is 5.27. The molecule has 0 aliphatic rings. The first-order chi connectivity index (χ1) is 11.8. The van der Waals surface area contributed by atoms with E-state index in [1.165, 1.54) is 0 Å². The molecular formula is C16H18N6OS. The van der Waals surface area contributed by atoms with Crippen molar-refractivity contribution >= 4 is 17.4 Å². The molecule has 1 amide bonds. The Bertz CT molecular complexity index is 771. The number of rotatable bonds is 7. The lowest BCUT2D eigenvalue weighted by Gasteiger charge is -2.18. The SMILES string of the molecule is CCCc1nnsc1C(=O)NC(Cn1nccn1)c1ccccc1. The van der Waals surface area contributed by atoms with Gasteiger partial charge in [-0.15, -0.1) is 5.10 Å². The topological polar surface area (TPSA) is 85.6 Å². The standard InChI is InChI=1S/C16H18N6OS/c1-2-6-13-15(24-21-20-13)16(23)19-14(11-22-17-9-10-18-22)12-7-4-3-5-8-12/h3-5,7-10,14H,2,6,11H2,1H3,(H,19,23). The van der Waals surface area contributed by atoms with E-state index in [-0.39, 0.29) is 11.9 Å². The van der Waals surface area contributed by atoms with Crippen LogP contribution in [-0.4, -0.2) is 30.5 Å². The molecule has 2 aromatic heterocycles. The van der Waals surface area contributed by atoms with Gasteiger partial charge in [-0.1, -0.05) is 48.2 Å². The Labute approximate surface area is 143 Å². The number of hydrogen-bond acceptors (Lipinski definition) is 6. The molecular weight excluding hydrogens is 324 g/mol. The van der Waals surface area contributed by atoms with Gasteiger partial charge in [0.2, 0.25) is 0 Å². The maximum absolute atomic E-state index is 12.7. The number of amides is 1. The largest absolute Gasteiger partial charge is 0.342 e. The molecule has 0 radical (unpaired) electrons. The average Bonchev–Trinajstić information content (AvgIpc) is 3.27. The predicted molar refractivity (Wildman–Crippen MR) is 90.6 cm³/mol. The molecule has 124 valence electrons. The van der Waals surface area contributed by atoms with Crippen LogP contribution in [0.25, 0.3) is 0 Å². The van der Waals surface area contributed by atoms with Crippen LogP contribution in [0.1, 0.15) is 40.3 Å². The van der Waals surface area contributed by atoms with E-state index < -0.39 is 0 Å². The maximum Gasteiger partial charge on any atom is 0.265 e. The van der Waals surface area contributed by atoms with Crippen molar-refractivity contribution in [1.29, 1.82) is 0 Å². The third-order valence-electron chi connectivity index (χ3n) is 3.57. The van der Waals surface area contributed by atoms with Gasteiger partial charge in [-0.3, -0.25) is 4.79 Å². The van der Waals surface area contributed by atoms with Gasteiger partial charge in [-0.25, -0.2) is 0 Å². The molecule has 3 aromatic rings. The first kappa shape index (κ1) is 16.3. The fraction of sp³-hybridized carbons (Fsp3) is 0.312. The summed E-state index contributed by atoms with van der Waals surface area (Å²) in [7, 11) is 0. The van der Waals surface area contributed by atoms with Crippen molar-refractivity contribution in [2.24, 2.45) is 0 Å². The van der Waals surface area contributed by atoms with Crippen LogP contribution in [0, 0.1) is 0 Å². The van der Waals surface area contributed by atoms with Gasteiger partial charge >= 0.3 is 0 Å². The van der Waals surface area contributed by atoms with Crippen LogP contribution in [0.2, 0.25) is 0 Å². The number of benzene rings is 1. The van der Waals surface area contributed by atoms with Crippen LogP contribution >= 0.6 is 11.5 Å². The van der Waals surface area contributed by atoms with Gasteiger partial charge in [0.15, 0.2) is 0 Å². The van der Waals surface area contributed by atoms with Crippen LogP contribution in [0.4, 0.5) is 0 Å². The molecule has 1 unspecified atom stereocenters. The molecule has 1 N–H and O–H groups in total. The summed E-state index contributed by atoms with van der Waals surface area (Å²) in [6, 6.07) is 9.56. The van der Waals surface area contributed by atoms with Crippen LogP contribution in [0.5, 0.6) is 0 Å². The Morgan fingerprint density at radius 2 is 2.00 bits per heavy atom. The van der Waals surface area contributed by atoms with E-state index in [1.807, 2.05) is 30.3 Å². The maximum atomic E-state index is 12.7. The van der Waals surface area contributed by atoms with Gasteiger partial charge in [0.1, 0.15) is 4.88 Å². The second-order valence-corrected chi connectivity index (χ2v) is 6.07. The number of aromatic nitrogens is 5. The third kappa shape index (κ3) is 3.83. The number of carbonyl (C=O) groups excluding carboxylic acids is 1. The molecule has 0 bridgehead atoms. The summed E-state index contributed by atoms with van der Waals surface area (Å²) < 4.78 is 3.92. The highest BCUT2D eigenvalue weighted by molar-refractivity contribution is 7.08. The highest BCUT2D eigenvalue weighted by atomic mass is 32.1. The Balaban J connectivity index is 1.80. The van der Waals surface area contributed by atoms with Crippen molar-refractivity contribution in [3.8, 4) is 0 Å². The van der Waals surface area contributed by atoms with E-state index in [0.29, 0.717) is 11.4 Å². The van der Waals surface area contributed by atoms with Gasteiger partial charge < -0.3 is 5.32 Å². The summed E-state index contributed by atoms with van der Waals surface area (Å²) in [4.78, 5) is 14.8. The summed E-state index contributed by atoms with van der Waals surface area (Å²) in [5, 5.41) is 15.4.